The predicted molar refractivity (Wildman–Crippen MR) is 80.9 cm³/mol. The van der Waals surface area contributed by atoms with Crippen LogP contribution in [0, 0.1) is 0 Å². The molecule has 1 atom stereocenters. The van der Waals surface area contributed by atoms with Crippen LogP contribution >= 0.6 is 0 Å². The summed E-state index contributed by atoms with van der Waals surface area (Å²) in [6.07, 6.45) is 4.06. The number of methoxy groups -OCH3 is 1. The fourth-order valence-corrected chi connectivity index (χ4v) is 3.43. The van der Waals surface area contributed by atoms with E-state index in [0.29, 0.717) is 25.7 Å². The molecule has 6 nitrogen and oxygen atoms in total. The molecule has 1 rings (SSSR count). The lowest BCUT2D eigenvalue weighted by Gasteiger charge is -2.25. The Hall–Kier alpha value is -0.210. The Balaban J connectivity index is 2.40. The van der Waals surface area contributed by atoms with Gasteiger partial charge in [0, 0.05) is 39.8 Å². The van der Waals surface area contributed by atoms with Crippen LogP contribution in [0.15, 0.2) is 0 Å². The average Bonchev–Trinajstić information content (AvgIpc) is 2.87. The highest BCUT2D eigenvalue weighted by molar-refractivity contribution is 7.87. The predicted octanol–water partition coefficient (Wildman–Crippen LogP) is 0.664. The first kappa shape index (κ1) is 17.8. The van der Waals surface area contributed by atoms with Gasteiger partial charge in [-0.15, -0.1) is 0 Å². The smallest absolute Gasteiger partial charge is 0.279 e. The van der Waals surface area contributed by atoms with Crippen LogP contribution in [0.3, 0.4) is 0 Å². The van der Waals surface area contributed by atoms with Gasteiger partial charge in [0.05, 0.1) is 6.61 Å². The van der Waals surface area contributed by atoms with Crippen molar-refractivity contribution in [2.24, 2.45) is 0 Å². The molecule has 0 aliphatic carbocycles. The molecule has 1 heterocycles. The summed E-state index contributed by atoms with van der Waals surface area (Å²) in [7, 11) is -0.0133. The first-order chi connectivity index (χ1) is 9.51. The Morgan fingerprint density at radius 1 is 1.45 bits per heavy atom. The highest BCUT2D eigenvalue weighted by atomic mass is 32.2. The van der Waals surface area contributed by atoms with Crippen molar-refractivity contribution in [1.82, 2.24) is 13.9 Å². The van der Waals surface area contributed by atoms with E-state index in [1.807, 2.05) is 0 Å². The van der Waals surface area contributed by atoms with Crippen LogP contribution in [-0.2, 0) is 14.9 Å². The van der Waals surface area contributed by atoms with Gasteiger partial charge in [-0.05, 0) is 25.8 Å². The lowest BCUT2D eigenvalue weighted by atomic mass is 10.2. The molecule has 0 aromatic rings. The van der Waals surface area contributed by atoms with Crippen LogP contribution in [0.5, 0.6) is 0 Å². The van der Waals surface area contributed by atoms with Gasteiger partial charge in [-0.3, -0.25) is 4.90 Å². The van der Waals surface area contributed by atoms with Crippen molar-refractivity contribution in [3.8, 4) is 0 Å². The average molecular weight is 307 g/mol. The largest absolute Gasteiger partial charge is 0.383 e. The maximum atomic E-state index is 12.1. The molecule has 0 aromatic carbocycles. The van der Waals surface area contributed by atoms with Crippen LogP contribution in [0.2, 0.25) is 0 Å². The molecule has 0 saturated carbocycles. The highest BCUT2D eigenvalue weighted by Gasteiger charge is 2.26. The number of likely N-dealkylation sites (tertiary alicyclic amines) is 1. The minimum atomic E-state index is -3.34. The van der Waals surface area contributed by atoms with Crippen LogP contribution in [0.4, 0.5) is 0 Å². The van der Waals surface area contributed by atoms with Gasteiger partial charge in [-0.25, -0.2) is 4.72 Å². The lowest BCUT2D eigenvalue weighted by molar-refractivity contribution is 0.141. The fraction of sp³-hybridized carbons (Fsp3) is 1.00. The van der Waals surface area contributed by atoms with Gasteiger partial charge >= 0.3 is 0 Å². The monoisotopic (exact) mass is 307 g/mol. The molecule has 1 unspecified atom stereocenters. The Labute approximate surface area is 123 Å². The molecule has 1 N–H and O–H groups in total. The fourth-order valence-electron chi connectivity index (χ4n) is 2.44. The maximum Gasteiger partial charge on any atom is 0.279 e. The summed E-state index contributed by atoms with van der Waals surface area (Å²) in [6.45, 7) is 5.71. The quantitative estimate of drug-likeness (QED) is 0.644. The van der Waals surface area contributed by atoms with Crippen molar-refractivity contribution in [1.29, 1.82) is 0 Å². The van der Waals surface area contributed by atoms with E-state index >= 15 is 0 Å². The summed E-state index contributed by atoms with van der Waals surface area (Å²) in [6, 6.07) is 0.291. The zero-order valence-electron chi connectivity index (χ0n) is 13.0. The SMILES string of the molecule is CCCCN(C)S(=O)(=O)NCC1CCCN1CCOC. The van der Waals surface area contributed by atoms with E-state index in [-0.39, 0.29) is 0 Å². The van der Waals surface area contributed by atoms with Gasteiger partial charge in [0.15, 0.2) is 0 Å². The van der Waals surface area contributed by atoms with Gasteiger partial charge in [0.25, 0.3) is 10.2 Å². The molecule has 1 aliphatic rings. The third-order valence-corrected chi connectivity index (χ3v) is 5.35. The molecule has 1 aliphatic heterocycles. The normalized spacial score (nSPS) is 20.9. The van der Waals surface area contributed by atoms with E-state index in [9.17, 15) is 8.42 Å². The number of nitrogens with zero attached hydrogens (tertiary/aromatic N) is 2. The van der Waals surface area contributed by atoms with E-state index < -0.39 is 10.2 Å². The van der Waals surface area contributed by atoms with Crippen LogP contribution in [0.1, 0.15) is 32.6 Å². The molecule has 20 heavy (non-hydrogen) atoms. The van der Waals surface area contributed by atoms with Gasteiger partial charge in [-0.1, -0.05) is 13.3 Å². The molecule has 1 fully saturated rings. The number of unbranched alkanes of at least 4 members (excludes halogenated alkanes) is 1. The number of hydrogen-bond donors (Lipinski definition) is 1. The van der Waals surface area contributed by atoms with Gasteiger partial charge in [0.2, 0.25) is 0 Å². The lowest BCUT2D eigenvalue weighted by Crippen LogP contribution is -2.45. The van der Waals surface area contributed by atoms with Crippen molar-refractivity contribution in [3.05, 3.63) is 0 Å². The zero-order chi connectivity index (χ0) is 15.0. The second-order valence-corrected chi connectivity index (χ2v) is 7.22. The second kappa shape index (κ2) is 8.94. The minimum absolute atomic E-state index is 0.291. The molecule has 0 bridgehead atoms. The van der Waals surface area contributed by atoms with Gasteiger partial charge in [-0.2, -0.15) is 12.7 Å². The number of nitrogens with one attached hydrogen (secondary N) is 1. The summed E-state index contributed by atoms with van der Waals surface area (Å²) in [5.74, 6) is 0. The van der Waals surface area contributed by atoms with E-state index in [1.54, 1.807) is 14.2 Å². The van der Waals surface area contributed by atoms with Crippen molar-refractivity contribution in [2.45, 2.75) is 38.6 Å². The molecule has 0 spiro atoms. The first-order valence-electron chi connectivity index (χ1n) is 7.45. The van der Waals surface area contributed by atoms with Gasteiger partial charge in [0.1, 0.15) is 0 Å². The highest BCUT2D eigenvalue weighted by Crippen LogP contribution is 2.16. The summed E-state index contributed by atoms with van der Waals surface area (Å²) in [5, 5.41) is 0. The standard InChI is InChI=1S/C13H29N3O3S/c1-4-5-8-15(2)20(17,18)14-12-13-7-6-9-16(13)10-11-19-3/h13-14H,4-12H2,1-3H3. The Kier molecular flexibility index (Phi) is 7.98. The maximum absolute atomic E-state index is 12.1. The molecule has 0 aromatic heterocycles. The van der Waals surface area contributed by atoms with Crippen LogP contribution < -0.4 is 4.72 Å². The summed E-state index contributed by atoms with van der Waals surface area (Å²) < 4.78 is 33.4. The third kappa shape index (κ3) is 5.65. The van der Waals surface area contributed by atoms with E-state index in [2.05, 4.69) is 16.5 Å². The van der Waals surface area contributed by atoms with E-state index in [4.69, 9.17) is 4.74 Å². The summed E-state index contributed by atoms with van der Waals surface area (Å²) in [4.78, 5) is 2.30. The molecular weight excluding hydrogens is 278 g/mol. The number of hydrogen-bond acceptors (Lipinski definition) is 4. The van der Waals surface area contributed by atoms with Crippen LogP contribution in [0.25, 0.3) is 0 Å². The van der Waals surface area contributed by atoms with E-state index in [0.717, 1.165) is 38.8 Å². The first-order valence-corrected chi connectivity index (χ1v) is 8.89. The molecule has 0 amide bonds. The summed E-state index contributed by atoms with van der Waals surface area (Å²) in [5.41, 5.74) is 0. The zero-order valence-corrected chi connectivity index (χ0v) is 13.8. The van der Waals surface area contributed by atoms with Crippen molar-refractivity contribution in [3.63, 3.8) is 0 Å². The Bertz CT molecular complexity index is 362. The van der Waals surface area contributed by atoms with Crippen molar-refractivity contribution >= 4 is 10.2 Å². The molecular formula is C13H29N3O3S. The van der Waals surface area contributed by atoms with Crippen LogP contribution in [-0.4, -0.2) is 70.6 Å². The van der Waals surface area contributed by atoms with E-state index in [1.165, 1.54) is 4.31 Å². The number of rotatable bonds is 10. The third-order valence-electron chi connectivity index (χ3n) is 3.82. The minimum Gasteiger partial charge on any atom is -0.383 e. The molecule has 7 heteroatoms. The number of ether oxygens (including phenoxy) is 1. The molecule has 120 valence electrons. The Morgan fingerprint density at radius 2 is 2.20 bits per heavy atom. The molecule has 1 saturated heterocycles. The van der Waals surface area contributed by atoms with Gasteiger partial charge < -0.3 is 4.74 Å². The second-order valence-electron chi connectivity index (χ2n) is 5.35. The summed E-state index contributed by atoms with van der Waals surface area (Å²) >= 11 is 0. The topological polar surface area (TPSA) is 61.9 Å². The Morgan fingerprint density at radius 3 is 2.85 bits per heavy atom. The van der Waals surface area contributed by atoms with Crippen molar-refractivity contribution in [2.75, 3.05) is 46.9 Å². The van der Waals surface area contributed by atoms with Crippen molar-refractivity contribution < 1.29 is 13.2 Å². The molecule has 0 radical (unpaired) electrons.